The molecule has 5 heteroatoms. The lowest BCUT2D eigenvalue weighted by atomic mass is 10.0. The monoisotopic (exact) mass is 254 g/mol. The van der Waals surface area contributed by atoms with Gasteiger partial charge in [0.25, 0.3) is 0 Å². The Balaban J connectivity index is 2.11. The van der Waals surface area contributed by atoms with E-state index < -0.39 is 0 Å². The van der Waals surface area contributed by atoms with Gasteiger partial charge in [-0.2, -0.15) is 9.61 Å². The van der Waals surface area contributed by atoms with E-state index >= 15 is 0 Å². The van der Waals surface area contributed by atoms with Crippen LogP contribution in [0.1, 0.15) is 30.4 Å². The van der Waals surface area contributed by atoms with Gasteiger partial charge in [0.15, 0.2) is 5.65 Å². The highest BCUT2D eigenvalue weighted by Gasteiger charge is 2.13. The summed E-state index contributed by atoms with van der Waals surface area (Å²) in [6, 6.07) is 4.29. The highest BCUT2D eigenvalue weighted by molar-refractivity contribution is 5.91. The zero-order valence-corrected chi connectivity index (χ0v) is 10.5. The molecular weight excluding hydrogens is 240 g/mol. The van der Waals surface area contributed by atoms with Crippen molar-refractivity contribution < 1.29 is 0 Å². The average Bonchev–Trinajstić information content (AvgIpc) is 2.79. The molecule has 1 aromatic carbocycles. The van der Waals surface area contributed by atoms with Crippen molar-refractivity contribution in [3.8, 4) is 0 Å². The Morgan fingerprint density at radius 2 is 1.89 bits per heavy atom. The molecule has 2 aromatic heterocycles. The molecule has 0 atom stereocenters. The van der Waals surface area contributed by atoms with E-state index in [1.165, 1.54) is 41.2 Å². The van der Waals surface area contributed by atoms with Gasteiger partial charge in [-0.25, -0.2) is 9.78 Å². The Morgan fingerprint density at radius 3 is 2.74 bits per heavy atom. The van der Waals surface area contributed by atoms with Crippen LogP contribution in [0.5, 0.6) is 0 Å². The minimum atomic E-state index is -0.228. The van der Waals surface area contributed by atoms with E-state index in [0.717, 1.165) is 23.7 Å². The Morgan fingerprint density at radius 1 is 1.11 bits per heavy atom. The Bertz CT molecular complexity index is 830. The molecule has 0 radical (unpaired) electrons. The number of H-pyrrole nitrogens is 1. The predicted octanol–water partition coefficient (Wildman–Crippen LogP) is 1.84. The third-order valence-electron chi connectivity index (χ3n) is 3.95. The van der Waals surface area contributed by atoms with Crippen LogP contribution in [0.25, 0.3) is 16.6 Å². The van der Waals surface area contributed by atoms with Gasteiger partial charge in [0.05, 0.1) is 5.52 Å². The third kappa shape index (κ3) is 1.58. The van der Waals surface area contributed by atoms with Crippen LogP contribution >= 0.6 is 0 Å². The molecule has 96 valence electrons. The number of aromatic nitrogens is 4. The summed E-state index contributed by atoms with van der Waals surface area (Å²) in [6.07, 6.45) is 7.40. The van der Waals surface area contributed by atoms with Crippen LogP contribution in [0.2, 0.25) is 0 Å². The van der Waals surface area contributed by atoms with Gasteiger partial charge in [-0.15, -0.1) is 0 Å². The second kappa shape index (κ2) is 3.91. The van der Waals surface area contributed by atoms with Crippen LogP contribution in [0.4, 0.5) is 0 Å². The molecule has 5 nitrogen and oxygen atoms in total. The average molecular weight is 254 g/mol. The summed E-state index contributed by atoms with van der Waals surface area (Å²) in [5, 5.41) is 4.94. The summed E-state index contributed by atoms with van der Waals surface area (Å²) in [7, 11) is 0. The van der Waals surface area contributed by atoms with E-state index in [4.69, 9.17) is 0 Å². The molecule has 0 fully saturated rings. The van der Waals surface area contributed by atoms with Crippen molar-refractivity contribution in [2.75, 3.05) is 0 Å². The molecule has 0 aliphatic heterocycles. The topological polar surface area (TPSA) is 63.0 Å². The zero-order chi connectivity index (χ0) is 12.8. The smallest absolute Gasteiger partial charge is 0.305 e. The SMILES string of the molecule is O=c1[nH]c2cc3c(cc2c2ncnn12)CCCCC3. The Labute approximate surface area is 109 Å². The first-order valence-corrected chi connectivity index (χ1v) is 6.70. The maximum Gasteiger partial charge on any atom is 0.348 e. The van der Waals surface area contributed by atoms with Gasteiger partial charge >= 0.3 is 5.69 Å². The molecule has 1 aliphatic carbocycles. The molecule has 0 amide bonds. The fourth-order valence-corrected chi connectivity index (χ4v) is 2.99. The van der Waals surface area contributed by atoms with Crippen molar-refractivity contribution in [3.05, 3.63) is 40.1 Å². The quantitative estimate of drug-likeness (QED) is 0.623. The first-order valence-electron chi connectivity index (χ1n) is 6.70. The van der Waals surface area contributed by atoms with E-state index in [1.54, 1.807) is 0 Å². The number of aromatic amines is 1. The number of rotatable bonds is 0. The maximum atomic E-state index is 11.9. The highest BCUT2D eigenvalue weighted by Crippen LogP contribution is 2.26. The fraction of sp³-hybridized carbons (Fsp3) is 0.357. The van der Waals surface area contributed by atoms with Crippen LogP contribution in [-0.4, -0.2) is 19.6 Å². The number of hydrogen-bond donors (Lipinski definition) is 1. The Kier molecular flexibility index (Phi) is 2.21. The van der Waals surface area contributed by atoms with E-state index in [1.807, 2.05) is 0 Å². The molecule has 0 bridgehead atoms. The second-order valence-corrected chi connectivity index (χ2v) is 5.15. The summed E-state index contributed by atoms with van der Waals surface area (Å²) in [4.78, 5) is 19.0. The van der Waals surface area contributed by atoms with Gasteiger partial charge in [-0.05, 0) is 48.9 Å². The van der Waals surface area contributed by atoms with Crippen LogP contribution in [0.3, 0.4) is 0 Å². The van der Waals surface area contributed by atoms with Crippen molar-refractivity contribution in [2.45, 2.75) is 32.1 Å². The molecule has 0 saturated heterocycles. The lowest BCUT2D eigenvalue weighted by Crippen LogP contribution is -2.17. The molecule has 0 saturated carbocycles. The molecule has 1 aliphatic rings. The van der Waals surface area contributed by atoms with E-state index in [9.17, 15) is 4.79 Å². The van der Waals surface area contributed by atoms with Crippen molar-refractivity contribution in [3.63, 3.8) is 0 Å². The lowest BCUT2D eigenvalue weighted by Gasteiger charge is -2.08. The summed E-state index contributed by atoms with van der Waals surface area (Å²) in [5.41, 5.74) is 4.04. The van der Waals surface area contributed by atoms with Gasteiger partial charge in [0, 0.05) is 5.39 Å². The molecular formula is C14H14N4O. The van der Waals surface area contributed by atoms with Crippen molar-refractivity contribution in [1.82, 2.24) is 19.6 Å². The summed E-state index contributed by atoms with van der Waals surface area (Å²) >= 11 is 0. The molecule has 3 aromatic rings. The van der Waals surface area contributed by atoms with Crippen molar-refractivity contribution >= 4 is 16.6 Å². The van der Waals surface area contributed by atoms with E-state index in [0.29, 0.717) is 5.65 Å². The number of hydrogen-bond acceptors (Lipinski definition) is 3. The van der Waals surface area contributed by atoms with Gasteiger partial charge in [-0.3, -0.25) is 0 Å². The summed E-state index contributed by atoms with van der Waals surface area (Å²) < 4.78 is 1.32. The largest absolute Gasteiger partial charge is 0.348 e. The summed E-state index contributed by atoms with van der Waals surface area (Å²) in [5.74, 6) is 0. The van der Waals surface area contributed by atoms with Crippen LogP contribution in [0.15, 0.2) is 23.3 Å². The molecule has 19 heavy (non-hydrogen) atoms. The molecule has 0 unspecified atom stereocenters. The summed E-state index contributed by atoms with van der Waals surface area (Å²) in [6.45, 7) is 0. The van der Waals surface area contributed by atoms with E-state index in [2.05, 4.69) is 27.2 Å². The second-order valence-electron chi connectivity index (χ2n) is 5.15. The lowest BCUT2D eigenvalue weighted by molar-refractivity contribution is 0.712. The molecule has 2 heterocycles. The van der Waals surface area contributed by atoms with Crippen LogP contribution in [0, 0.1) is 0 Å². The minimum Gasteiger partial charge on any atom is -0.305 e. The Hall–Kier alpha value is -2.17. The van der Waals surface area contributed by atoms with Crippen LogP contribution in [-0.2, 0) is 12.8 Å². The van der Waals surface area contributed by atoms with Gasteiger partial charge in [0.1, 0.15) is 6.33 Å². The first-order chi connectivity index (χ1) is 9.33. The molecule has 4 rings (SSSR count). The predicted molar refractivity (Wildman–Crippen MR) is 72.4 cm³/mol. The standard InChI is InChI=1S/C14H14N4O/c19-14-17-12-7-10-5-3-1-2-4-9(10)6-11(12)13-15-8-16-18(13)14/h6-8H,1-5H2,(H,17,19). The minimum absolute atomic E-state index is 0.228. The maximum absolute atomic E-state index is 11.9. The molecule has 0 spiro atoms. The normalized spacial score (nSPS) is 15.6. The number of nitrogens with zero attached hydrogens (tertiary/aromatic N) is 3. The zero-order valence-electron chi connectivity index (χ0n) is 10.5. The first kappa shape index (κ1) is 10.7. The van der Waals surface area contributed by atoms with Gasteiger partial charge in [-0.1, -0.05) is 6.42 Å². The highest BCUT2D eigenvalue weighted by atomic mass is 16.1. The van der Waals surface area contributed by atoms with Crippen LogP contribution < -0.4 is 5.69 Å². The number of aryl methyl sites for hydroxylation is 2. The third-order valence-corrected chi connectivity index (χ3v) is 3.95. The number of benzene rings is 1. The number of fused-ring (bicyclic) bond motifs is 4. The molecule has 1 N–H and O–H groups in total. The van der Waals surface area contributed by atoms with Crippen molar-refractivity contribution in [2.24, 2.45) is 0 Å². The number of nitrogens with one attached hydrogen (secondary N) is 1. The fourth-order valence-electron chi connectivity index (χ4n) is 2.99. The van der Waals surface area contributed by atoms with Gasteiger partial charge < -0.3 is 4.98 Å². The van der Waals surface area contributed by atoms with E-state index in [-0.39, 0.29) is 5.69 Å². The van der Waals surface area contributed by atoms with Gasteiger partial charge in [0.2, 0.25) is 0 Å². The van der Waals surface area contributed by atoms with Crippen molar-refractivity contribution in [1.29, 1.82) is 0 Å².